The van der Waals surface area contributed by atoms with E-state index in [1.165, 1.54) is 7.11 Å². The molecule has 0 spiro atoms. The number of amides is 1. The van der Waals surface area contributed by atoms with Crippen molar-refractivity contribution in [2.75, 3.05) is 12.4 Å². The number of methoxy groups -OCH3 is 1. The third kappa shape index (κ3) is 2.98. The summed E-state index contributed by atoms with van der Waals surface area (Å²) in [6.45, 7) is 0. The fraction of sp³-hybridized carbons (Fsp3) is 0.538. The molecular weight excluding hydrogens is 230 g/mol. The monoisotopic (exact) mass is 249 g/mol. The van der Waals surface area contributed by atoms with Crippen LogP contribution in [0, 0.1) is 5.92 Å². The molecule has 1 aliphatic rings. The molecule has 1 amide bonds. The second kappa shape index (κ2) is 5.82. The smallest absolute Gasteiger partial charge is 0.237 e. The highest BCUT2D eigenvalue weighted by Crippen LogP contribution is 2.26. The highest BCUT2D eigenvalue weighted by molar-refractivity contribution is 5.93. The van der Waals surface area contributed by atoms with Crippen LogP contribution >= 0.6 is 0 Å². The number of rotatable bonds is 3. The topological polar surface area (TPSA) is 77.2 Å². The van der Waals surface area contributed by atoms with Gasteiger partial charge in [-0.1, -0.05) is 0 Å². The normalized spacial score (nSPS) is 23.4. The van der Waals surface area contributed by atoms with E-state index < -0.39 is 0 Å². The molecule has 0 aliphatic heterocycles. The van der Waals surface area contributed by atoms with E-state index in [-0.39, 0.29) is 17.9 Å². The highest BCUT2D eigenvalue weighted by Gasteiger charge is 2.25. The predicted molar refractivity (Wildman–Crippen MR) is 69.4 cm³/mol. The van der Waals surface area contributed by atoms with Gasteiger partial charge in [-0.25, -0.2) is 4.98 Å². The van der Waals surface area contributed by atoms with Crippen molar-refractivity contribution in [2.24, 2.45) is 11.7 Å². The molecule has 5 nitrogen and oxygen atoms in total. The van der Waals surface area contributed by atoms with Crippen molar-refractivity contribution in [2.45, 2.75) is 31.7 Å². The number of nitrogens with two attached hydrogens (primary N) is 1. The first-order valence-electron chi connectivity index (χ1n) is 6.26. The lowest BCUT2D eigenvalue weighted by atomic mass is 9.86. The van der Waals surface area contributed by atoms with Crippen molar-refractivity contribution >= 4 is 11.6 Å². The summed E-state index contributed by atoms with van der Waals surface area (Å²) in [6, 6.07) is 3.81. The summed E-state index contributed by atoms with van der Waals surface area (Å²) in [5, 5.41) is 2.88. The molecule has 1 aromatic rings. The molecule has 1 heterocycles. The van der Waals surface area contributed by atoms with Gasteiger partial charge in [-0.2, -0.15) is 0 Å². The van der Waals surface area contributed by atoms with E-state index >= 15 is 0 Å². The number of nitrogens with zero attached hydrogens (tertiary/aromatic N) is 1. The lowest BCUT2D eigenvalue weighted by molar-refractivity contribution is -0.120. The Bertz CT molecular complexity index is 414. The Morgan fingerprint density at radius 3 is 2.83 bits per heavy atom. The minimum Gasteiger partial charge on any atom is -0.480 e. The second-order valence-electron chi connectivity index (χ2n) is 4.66. The maximum Gasteiger partial charge on any atom is 0.237 e. The van der Waals surface area contributed by atoms with Crippen LogP contribution in [0.4, 0.5) is 5.69 Å². The average Bonchev–Trinajstić information content (AvgIpc) is 2.40. The molecule has 18 heavy (non-hydrogen) atoms. The zero-order valence-electron chi connectivity index (χ0n) is 10.6. The van der Waals surface area contributed by atoms with E-state index in [1.54, 1.807) is 18.3 Å². The Hall–Kier alpha value is -1.62. The highest BCUT2D eigenvalue weighted by atomic mass is 16.5. The second-order valence-corrected chi connectivity index (χ2v) is 4.66. The number of aromatic nitrogens is 1. The van der Waals surface area contributed by atoms with Crippen molar-refractivity contribution in [1.29, 1.82) is 0 Å². The standard InChI is InChI=1S/C13H19N3O2/c1-18-13-11(3-2-8-15-13)16-12(17)9-4-6-10(14)7-5-9/h2-3,8-10H,4-7,14H2,1H3,(H,16,17). The van der Waals surface area contributed by atoms with Crippen LogP contribution in [0.1, 0.15) is 25.7 Å². The molecule has 2 rings (SSSR count). The van der Waals surface area contributed by atoms with Gasteiger partial charge in [0.05, 0.1) is 7.11 Å². The third-order valence-corrected chi connectivity index (χ3v) is 3.37. The first-order valence-corrected chi connectivity index (χ1v) is 6.26. The first kappa shape index (κ1) is 12.8. The number of hydrogen-bond donors (Lipinski definition) is 2. The molecule has 0 atom stereocenters. The number of anilines is 1. The van der Waals surface area contributed by atoms with E-state index in [9.17, 15) is 4.79 Å². The lowest BCUT2D eigenvalue weighted by Gasteiger charge is -2.25. The van der Waals surface area contributed by atoms with Crippen LogP contribution in [0.2, 0.25) is 0 Å². The summed E-state index contributed by atoms with van der Waals surface area (Å²) >= 11 is 0. The van der Waals surface area contributed by atoms with Crippen LogP contribution in [-0.4, -0.2) is 24.0 Å². The van der Waals surface area contributed by atoms with Crippen LogP contribution in [0.25, 0.3) is 0 Å². The van der Waals surface area contributed by atoms with Gasteiger partial charge in [-0.05, 0) is 37.8 Å². The van der Waals surface area contributed by atoms with Gasteiger partial charge in [-0.15, -0.1) is 0 Å². The maximum atomic E-state index is 12.1. The molecule has 3 N–H and O–H groups in total. The van der Waals surface area contributed by atoms with E-state index in [4.69, 9.17) is 10.5 Å². The van der Waals surface area contributed by atoms with E-state index in [1.807, 2.05) is 0 Å². The number of pyridine rings is 1. The summed E-state index contributed by atoms with van der Waals surface area (Å²) in [4.78, 5) is 16.2. The van der Waals surface area contributed by atoms with Gasteiger partial charge in [0.2, 0.25) is 11.8 Å². The fourth-order valence-electron chi connectivity index (χ4n) is 2.26. The molecule has 1 saturated carbocycles. The Morgan fingerprint density at radius 2 is 2.17 bits per heavy atom. The molecular formula is C13H19N3O2. The van der Waals surface area contributed by atoms with Gasteiger partial charge >= 0.3 is 0 Å². The zero-order valence-corrected chi connectivity index (χ0v) is 10.6. The predicted octanol–water partition coefficient (Wildman–Crippen LogP) is 1.55. The number of hydrogen-bond acceptors (Lipinski definition) is 4. The molecule has 0 bridgehead atoms. The Morgan fingerprint density at radius 1 is 1.44 bits per heavy atom. The minimum absolute atomic E-state index is 0.0354. The summed E-state index contributed by atoms with van der Waals surface area (Å²) in [7, 11) is 1.54. The Labute approximate surface area is 107 Å². The molecule has 1 aromatic heterocycles. The van der Waals surface area contributed by atoms with Crippen molar-refractivity contribution in [3.63, 3.8) is 0 Å². The van der Waals surface area contributed by atoms with Gasteiger partial charge in [0, 0.05) is 18.2 Å². The van der Waals surface area contributed by atoms with Crippen LogP contribution in [0.3, 0.4) is 0 Å². The first-order chi connectivity index (χ1) is 8.70. The molecule has 98 valence electrons. The van der Waals surface area contributed by atoms with Crippen molar-refractivity contribution in [3.8, 4) is 5.88 Å². The SMILES string of the molecule is COc1ncccc1NC(=O)C1CCC(N)CC1. The van der Waals surface area contributed by atoms with E-state index in [0.29, 0.717) is 11.6 Å². The summed E-state index contributed by atoms with van der Waals surface area (Å²) in [5.74, 6) is 0.529. The molecule has 1 aliphatic carbocycles. The van der Waals surface area contributed by atoms with Crippen LogP contribution in [0.5, 0.6) is 5.88 Å². The Kier molecular flexibility index (Phi) is 4.15. The van der Waals surface area contributed by atoms with Gasteiger partial charge in [0.25, 0.3) is 0 Å². The van der Waals surface area contributed by atoms with Crippen molar-refractivity contribution < 1.29 is 9.53 Å². The van der Waals surface area contributed by atoms with Gasteiger partial charge in [0.1, 0.15) is 5.69 Å². The zero-order chi connectivity index (χ0) is 13.0. The van der Waals surface area contributed by atoms with Crippen LogP contribution in [0.15, 0.2) is 18.3 Å². The van der Waals surface area contributed by atoms with E-state index in [2.05, 4.69) is 10.3 Å². The molecule has 1 fully saturated rings. The lowest BCUT2D eigenvalue weighted by Crippen LogP contribution is -2.32. The maximum absolute atomic E-state index is 12.1. The minimum atomic E-state index is 0.0354. The van der Waals surface area contributed by atoms with Crippen molar-refractivity contribution in [3.05, 3.63) is 18.3 Å². The third-order valence-electron chi connectivity index (χ3n) is 3.37. The summed E-state index contributed by atoms with van der Waals surface area (Å²) in [6.07, 6.45) is 5.18. The van der Waals surface area contributed by atoms with Gasteiger partial charge in [0.15, 0.2) is 0 Å². The number of nitrogens with one attached hydrogen (secondary N) is 1. The van der Waals surface area contributed by atoms with Gasteiger partial charge < -0.3 is 15.8 Å². The molecule has 5 heteroatoms. The number of carbonyl (C=O) groups excluding carboxylic acids is 1. The number of ether oxygens (including phenoxy) is 1. The quantitative estimate of drug-likeness (QED) is 0.852. The van der Waals surface area contributed by atoms with Gasteiger partial charge in [-0.3, -0.25) is 4.79 Å². The number of carbonyl (C=O) groups is 1. The molecule has 0 unspecified atom stereocenters. The summed E-state index contributed by atoms with van der Waals surface area (Å²) < 4.78 is 5.10. The van der Waals surface area contributed by atoms with Crippen molar-refractivity contribution in [1.82, 2.24) is 4.98 Å². The van der Waals surface area contributed by atoms with Crippen LogP contribution in [-0.2, 0) is 4.79 Å². The molecule has 0 radical (unpaired) electrons. The van der Waals surface area contributed by atoms with E-state index in [0.717, 1.165) is 25.7 Å². The Balaban J connectivity index is 1.98. The average molecular weight is 249 g/mol. The largest absolute Gasteiger partial charge is 0.480 e. The van der Waals surface area contributed by atoms with Crippen LogP contribution < -0.4 is 15.8 Å². The molecule has 0 aromatic carbocycles. The summed E-state index contributed by atoms with van der Waals surface area (Å²) in [5.41, 5.74) is 6.46. The fourth-order valence-corrected chi connectivity index (χ4v) is 2.26. The molecule has 0 saturated heterocycles.